The Labute approximate surface area is 249 Å². The highest BCUT2D eigenvalue weighted by atomic mass is 32.2. The first-order valence-electron chi connectivity index (χ1n) is 14.2. The average Bonchev–Trinajstić information content (AvgIpc) is 3.02. The van der Waals surface area contributed by atoms with E-state index >= 15 is 0 Å². The molecule has 3 aromatic rings. The molecule has 0 heterocycles. The van der Waals surface area contributed by atoms with E-state index in [1.54, 1.807) is 30.3 Å². The van der Waals surface area contributed by atoms with E-state index in [0.717, 1.165) is 22.7 Å². The molecule has 1 unspecified atom stereocenters. The molecule has 10 heteroatoms. The molecule has 0 saturated heterocycles. The zero-order valence-corrected chi connectivity index (χ0v) is 25.6. The third kappa shape index (κ3) is 8.25. The highest BCUT2D eigenvalue weighted by molar-refractivity contribution is 7.92. The molecule has 1 atom stereocenters. The number of rotatable bonds is 16. The predicted octanol–water partition coefficient (Wildman–Crippen LogP) is 4.67. The number of benzene rings is 3. The van der Waals surface area contributed by atoms with Crippen LogP contribution in [0.2, 0.25) is 0 Å². The van der Waals surface area contributed by atoms with Gasteiger partial charge < -0.3 is 19.7 Å². The number of carbonyl (C=O) groups excluding carboxylic acids is 2. The van der Waals surface area contributed by atoms with E-state index in [-0.39, 0.29) is 23.0 Å². The van der Waals surface area contributed by atoms with Gasteiger partial charge in [0.25, 0.3) is 10.0 Å². The monoisotopic (exact) mass is 595 g/mol. The molecule has 0 spiro atoms. The van der Waals surface area contributed by atoms with Crippen molar-refractivity contribution in [1.29, 1.82) is 0 Å². The molecule has 0 fully saturated rings. The molecular formula is C32H41N3O6S. The van der Waals surface area contributed by atoms with Crippen LogP contribution in [0.5, 0.6) is 11.5 Å². The summed E-state index contributed by atoms with van der Waals surface area (Å²) < 4.78 is 39.8. The molecule has 0 aliphatic heterocycles. The lowest BCUT2D eigenvalue weighted by Crippen LogP contribution is -2.53. The Morgan fingerprint density at radius 2 is 1.52 bits per heavy atom. The topological polar surface area (TPSA) is 105 Å². The van der Waals surface area contributed by atoms with E-state index in [2.05, 4.69) is 5.32 Å². The molecule has 0 aliphatic carbocycles. The molecule has 0 aromatic heterocycles. The van der Waals surface area contributed by atoms with Gasteiger partial charge in [-0.3, -0.25) is 13.9 Å². The van der Waals surface area contributed by atoms with Crippen molar-refractivity contribution >= 4 is 27.5 Å². The van der Waals surface area contributed by atoms with E-state index in [0.29, 0.717) is 30.9 Å². The number of ether oxygens (including phenoxy) is 2. The van der Waals surface area contributed by atoms with Crippen LogP contribution in [0, 0.1) is 0 Å². The molecular weight excluding hydrogens is 554 g/mol. The third-order valence-electron chi connectivity index (χ3n) is 6.96. The summed E-state index contributed by atoms with van der Waals surface area (Å²) in [6.45, 7) is 4.12. The van der Waals surface area contributed by atoms with Gasteiger partial charge in [0, 0.05) is 19.2 Å². The summed E-state index contributed by atoms with van der Waals surface area (Å²) in [5, 5.41) is 2.94. The number of methoxy groups -OCH3 is 2. The number of amides is 2. The summed E-state index contributed by atoms with van der Waals surface area (Å²) >= 11 is 0. The second kappa shape index (κ2) is 15.8. The van der Waals surface area contributed by atoms with E-state index in [1.807, 2.05) is 44.2 Å². The van der Waals surface area contributed by atoms with Gasteiger partial charge in [-0.1, -0.05) is 68.8 Å². The normalized spacial score (nSPS) is 11.8. The quantitative estimate of drug-likeness (QED) is 0.242. The molecule has 2 amide bonds. The Morgan fingerprint density at radius 1 is 0.881 bits per heavy atom. The summed E-state index contributed by atoms with van der Waals surface area (Å²) in [5.74, 6) is -0.00374. The summed E-state index contributed by atoms with van der Waals surface area (Å²) in [7, 11) is -1.23. The molecule has 0 radical (unpaired) electrons. The van der Waals surface area contributed by atoms with Crippen molar-refractivity contribution in [1.82, 2.24) is 10.2 Å². The standard InChI is InChI=1S/C32H41N3O6S/c1-5-7-21-33-32(37)28(6-2)34(22-20-25-14-10-8-11-15-25)31(36)24-35(42(38,39)27-16-12-9-13-17-27)26-18-19-29(40-3)30(23-26)41-4/h8-19,23,28H,5-7,20-22,24H2,1-4H3,(H,33,37). The zero-order chi connectivity index (χ0) is 30.5. The fourth-order valence-corrected chi connectivity index (χ4v) is 6.06. The van der Waals surface area contributed by atoms with Gasteiger partial charge in [0.15, 0.2) is 11.5 Å². The summed E-state index contributed by atoms with van der Waals surface area (Å²) in [5.41, 5.74) is 1.23. The van der Waals surface area contributed by atoms with Crippen LogP contribution in [0.4, 0.5) is 5.69 Å². The summed E-state index contributed by atoms with van der Waals surface area (Å²) in [6, 6.07) is 21.5. The minimum absolute atomic E-state index is 0.0350. The Bertz CT molecular complexity index is 1400. The highest BCUT2D eigenvalue weighted by Crippen LogP contribution is 2.34. The van der Waals surface area contributed by atoms with Gasteiger partial charge in [-0.25, -0.2) is 8.42 Å². The molecule has 0 bridgehead atoms. The highest BCUT2D eigenvalue weighted by Gasteiger charge is 2.33. The van der Waals surface area contributed by atoms with E-state index in [1.165, 1.54) is 37.3 Å². The van der Waals surface area contributed by atoms with Crippen molar-refractivity contribution in [2.75, 3.05) is 38.2 Å². The number of anilines is 1. The Kier molecular flexibility index (Phi) is 12.2. The second-order valence-corrected chi connectivity index (χ2v) is 11.6. The van der Waals surface area contributed by atoms with Crippen LogP contribution in [-0.2, 0) is 26.0 Å². The van der Waals surface area contributed by atoms with Crippen LogP contribution in [0.1, 0.15) is 38.7 Å². The van der Waals surface area contributed by atoms with Crippen LogP contribution < -0.4 is 19.1 Å². The van der Waals surface area contributed by atoms with Crippen molar-refractivity contribution in [3.8, 4) is 11.5 Å². The van der Waals surface area contributed by atoms with Gasteiger partial charge in [0.05, 0.1) is 24.8 Å². The van der Waals surface area contributed by atoms with Crippen molar-refractivity contribution in [3.05, 3.63) is 84.4 Å². The molecule has 0 aliphatic rings. The zero-order valence-electron chi connectivity index (χ0n) is 24.8. The summed E-state index contributed by atoms with van der Waals surface area (Å²) in [6.07, 6.45) is 2.63. The van der Waals surface area contributed by atoms with Gasteiger partial charge in [0.2, 0.25) is 11.8 Å². The van der Waals surface area contributed by atoms with Crippen LogP contribution in [0.25, 0.3) is 0 Å². The number of nitrogens with zero attached hydrogens (tertiary/aromatic N) is 2. The van der Waals surface area contributed by atoms with Crippen molar-refractivity contribution in [3.63, 3.8) is 0 Å². The minimum Gasteiger partial charge on any atom is -0.493 e. The smallest absolute Gasteiger partial charge is 0.264 e. The van der Waals surface area contributed by atoms with Gasteiger partial charge in [0.1, 0.15) is 12.6 Å². The van der Waals surface area contributed by atoms with Crippen LogP contribution in [0.3, 0.4) is 0 Å². The van der Waals surface area contributed by atoms with E-state index < -0.39 is 28.5 Å². The number of hydrogen-bond acceptors (Lipinski definition) is 6. The number of hydrogen-bond donors (Lipinski definition) is 1. The Hall–Kier alpha value is -4.05. The summed E-state index contributed by atoms with van der Waals surface area (Å²) in [4.78, 5) is 28.9. The Balaban J connectivity index is 2.03. The fourth-order valence-electron chi connectivity index (χ4n) is 4.63. The predicted molar refractivity (Wildman–Crippen MR) is 164 cm³/mol. The number of nitrogens with one attached hydrogen (secondary N) is 1. The van der Waals surface area contributed by atoms with Crippen molar-refractivity contribution in [2.24, 2.45) is 0 Å². The van der Waals surface area contributed by atoms with Crippen LogP contribution >= 0.6 is 0 Å². The fraction of sp³-hybridized carbons (Fsp3) is 0.375. The molecule has 42 heavy (non-hydrogen) atoms. The largest absolute Gasteiger partial charge is 0.493 e. The molecule has 0 saturated carbocycles. The maximum Gasteiger partial charge on any atom is 0.264 e. The number of unbranched alkanes of at least 4 members (excludes halogenated alkanes) is 1. The van der Waals surface area contributed by atoms with Crippen LogP contribution in [0.15, 0.2) is 83.8 Å². The Morgan fingerprint density at radius 3 is 2.12 bits per heavy atom. The maximum atomic E-state index is 14.1. The lowest BCUT2D eigenvalue weighted by molar-refractivity contribution is -0.139. The van der Waals surface area contributed by atoms with Crippen molar-refractivity contribution < 1.29 is 27.5 Å². The van der Waals surface area contributed by atoms with E-state index in [4.69, 9.17) is 9.47 Å². The average molecular weight is 596 g/mol. The molecule has 3 aromatic carbocycles. The molecule has 9 nitrogen and oxygen atoms in total. The first kappa shape index (κ1) is 32.5. The lowest BCUT2D eigenvalue weighted by Gasteiger charge is -2.33. The number of sulfonamides is 1. The van der Waals surface area contributed by atoms with E-state index in [9.17, 15) is 18.0 Å². The lowest BCUT2D eigenvalue weighted by atomic mass is 10.1. The minimum atomic E-state index is -4.18. The molecule has 226 valence electrons. The van der Waals surface area contributed by atoms with Gasteiger partial charge in [-0.2, -0.15) is 0 Å². The first-order valence-corrected chi connectivity index (χ1v) is 15.6. The maximum absolute atomic E-state index is 14.1. The van der Waals surface area contributed by atoms with Crippen LogP contribution in [-0.4, -0.2) is 65.0 Å². The molecule has 1 N–H and O–H groups in total. The SMILES string of the molecule is CCCCNC(=O)C(CC)N(CCc1ccccc1)C(=O)CN(c1ccc(OC)c(OC)c1)S(=O)(=O)c1ccccc1. The van der Waals surface area contributed by atoms with Crippen molar-refractivity contribution in [2.45, 2.75) is 50.5 Å². The number of carbonyl (C=O) groups is 2. The van der Waals surface area contributed by atoms with Gasteiger partial charge >= 0.3 is 0 Å². The molecule has 3 rings (SSSR count). The van der Waals surface area contributed by atoms with Gasteiger partial charge in [-0.15, -0.1) is 0 Å². The first-order chi connectivity index (χ1) is 20.3. The third-order valence-corrected chi connectivity index (χ3v) is 8.75. The van der Waals surface area contributed by atoms with Gasteiger partial charge in [-0.05, 0) is 49.1 Å². The second-order valence-electron chi connectivity index (χ2n) is 9.76.